The predicted octanol–water partition coefficient (Wildman–Crippen LogP) is 2.36. The maximum absolute atomic E-state index is 5.35. The van der Waals surface area contributed by atoms with Crippen molar-refractivity contribution in [3.63, 3.8) is 0 Å². The Hall–Kier alpha value is -0.340. The third-order valence-corrected chi connectivity index (χ3v) is 1.87. The van der Waals surface area contributed by atoms with Crippen LogP contribution in [0.4, 0.5) is 0 Å². The van der Waals surface area contributed by atoms with E-state index in [0.29, 0.717) is 0 Å². The van der Waals surface area contributed by atoms with E-state index >= 15 is 0 Å². The minimum Gasteiger partial charge on any atom is -0.381 e. The van der Waals surface area contributed by atoms with Gasteiger partial charge in [0.15, 0.2) is 0 Å². The normalized spacial score (nSPS) is 10.3. The molecule has 78 valence electrons. The van der Waals surface area contributed by atoms with Crippen LogP contribution in [0.25, 0.3) is 0 Å². The van der Waals surface area contributed by atoms with Crippen molar-refractivity contribution >= 4 is 0 Å². The molecule has 0 aliphatic rings. The molecule has 0 saturated heterocycles. The van der Waals surface area contributed by atoms with Gasteiger partial charge < -0.3 is 10.1 Å². The van der Waals surface area contributed by atoms with Gasteiger partial charge in [0.25, 0.3) is 0 Å². The van der Waals surface area contributed by atoms with Crippen molar-refractivity contribution in [3.05, 3.63) is 12.2 Å². The first-order chi connectivity index (χ1) is 6.31. The zero-order chi connectivity index (χ0) is 9.94. The van der Waals surface area contributed by atoms with Crippen molar-refractivity contribution in [2.45, 2.75) is 33.1 Å². The van der Waals surface area contributed by atoms with E-state index in [0.717, 1.165) is 45.6 Å². The molecule has 0 amide bonds. The molecule has 0 fully saturated rings. The third-order valence-electron chi connectivity index (χ3n) is 1.87. The molecule has 0 aromatic carbocycles. The molecule has 1 N–H and O–H groups in total. The third kappa shape index (κ3) is 9.57. The molecule has 0 bridgehead atoms. The summed E-state index contributed by atoms with van der Waals surface area (Å²) in [5.41, 5.74) is 1.27. The largest absolute Gasteiger partial charge is 0.381 e. The highest BCUT2D eigenvalue weighted by Gasteiger charge is 1.90. The van der Waals surface area contributed by atoms with E-state index in [4.69, 9.17) is 4.74 Å². The topological polar surface area (TPSA) is 21.3 Å². The quantitative estimate of drug-likeness (QED) is 0.440. The van der Waals surface area contributed by atoms with Crippen molar-refractivity contribution in [2.75, 3.05) is 26.3 Å². The minimum absolute atomic E-state index is 0.874. The van der Waals surface area contributed by atoms with Gasteiger partial charge in [-0.05, 0) is 25.8 Å². The van der Waals surface area contributed by atoms with Crippen molar-refractivity contribution in [1.82, 2.24) is 5.32 Å². The summed E-state index contributed by atoms with van der Waals surface area (Å²) in [4.78, 5) is 0. The van der Waals surface area contributed by atoms with Crippen LogP contribution in [-0.4, -0.2) is 26.3 Å². The van der Waals surface area contributed by atoms with Gasteiger partial charge in [-0.2, -0.15) is 0 Å². The highest BCUT2D eigenvalue weighted by Crippen LogP contribution is 1.92. The number of hydrogen-bond donors (Lipinski definition) is 1. The number of ether oxygens (including phenoxy) is 1. The lowest BCUT2D eigenvalue weighted by atomic mass is 10.2. The summed E-state index contributed by atoms with van der Waals surface area (Å²) in [5, 5.41) is 3.33. The Kier molecular flexibility index (Phi) is 9.49. The Morgan fingerprint density at radius 2 is 2.08 bits per heavy atom. The lowest BCUT2D eigenvalue weighted by Crippen LogP contribution is -2.19. The zero-order valence-electron chi connectivity index (χ0n) is 9.07. The van der Waals surface area contributed by atoms with Gasteiger partial charge in [-0.25, -0.2) is 0 Å². The second-order valence-corrected chi connectivity index (χ2v) is 3.25. The average Bonchev–Trinajstić information content (AvgIpc) is 2.16. The first-order valence-electron chi connectivity index (χ1n) is 5.26. The molecule has 0 aromatic heterocycles. The minimum atomic E-state index is 0.874. The molecular weight excluding hydrogens is 162 g/mol. The van der Waals surface area contributed by atoms with Crippen molar-refractivity contribution in [3.8, 4) is 0 Å². The monoisotopic (exact) mass is 185 g/mol. The molecule has 0 aromatic rings. The summed E-state index contributed by atoms with van der Waals surface area (Å²) >= 11 is 0. The Labute approximate surface area is 82.4 Å². The molecule has 0 saturated carbocycles. The second-order valence-electron chi connectivity index (χ2n) is 3.25. The SMILES string of the molecule is C=C(CC)CNCCCOCCC. The maximum Gasteiger partial charge on any atom is 0.0478 e. The Balaban J connectivity index is 2.95. The molecular formula is C11H23NO. The Morgan fingerprint density at radius 1 is 1.31 bits per heavy atom. The van der Waals surface area contributed by atoms with Gasteiger partial charge in [-0.15, -0.1) is 0 Å². The maximum atomic E-state index is 5.35. The van der Waals surface area contributed by atoms with Gasteiger partial charge in [0, 0.05) is 19.8 Å². The highest BCUT2D eigenvalue weighted by atomic mass is 16.5. The van der Waals surface area contributed by atoms with E-state index in [1.165, 1.54) is 5.57 Å². The number of hydrogen-bond acceptors (Lipinski definition) is 2. The predicted molar refractivity (Wildman–Crippen MR) is 58.0 cm³/mol. The van der Waals surface area contributed by atoms with Crippen LogP contribution >= 0.6 is 0 Å². The van der Waals surface area contributed by atoms with Crippen LogP contribution < -0.4 is 5.32 Å². The van der Waals surface area contributed by atoms with Crippen LogP contribution in [0, 0.1) is 0 Å². The summed E-state index contributed by atoms with van der Waals surface area (Å²) in [6.45, 7) is 11.9. The van der Waals surface area contributed by atoms with E-state index in [1.807, 2.05) is 0 Å². The fraction of sp³-hybridized carbons (Fsp3) is 0.818. The molecule has 0 unspecified atom stereocenters. The first-order valence-corrected chi connectivity index (χ1v) is 5.26. The fourth-order valence-electron chi connectivity index (χ4n) is 0.936. The molecule has 0 aliphatic carbocycles. The van der Waals surface area contributed by atoms with E-state index < -0.39 is 0 Å². The van der Waals surface area contributed by atoms with Gasteiger partial charge in [-0.3, -0.25) is 0 Å². The first kappa shape index (κ1) is 12.7. The van der Waals surface area contributed by atoms with E-state index in [-0.39, 0.29) is 0 Å². The summed E-state index contributed by atoms with van der Waals surface area (Å²) in [7, 11) is 0. The molecule has 0 aliphatic heterocycles. The highest BCUT2D eigenvalue weighted by molar-refractivity contribution is 4.94. The zero-order valence-corrected chi connectivity index (χ0v) is 9.07. The summed E-state index contributed by atoms with van der Waals surface area (Å²) in [6.07, 6.45) is 3.27. The van der Waals surface area contributed by atoms with Crippen LogP contribution in [0.15, 0.2) is 12.2 Å². The van der Waals surface area contributed by atoms with E-state index in [9.17, 15) is 0 Å². The molecule has 2 heteroatoms. The molecule has 13 heavy (non-hydrogen) atoms. The van der Waals surface area contributed by atoms with Crippen LogP contribution in [0.1, 0.15) is 33.1 Å². The molecule has 0 rings (SSSR count). The fourth-order valence-corrected chi connectivity index (χ4v) is 0.936. The molecule has 0 spiro atoms. The average molecular weight is 185 g/mol. The van der Waals surface area contributed by atoms with Crippen LogP contribution in [0.2, 0.25) is 0 Å². The van der Waals surface area contributed by atoms with E-state index in [2.05, 4.69) is 25.7 Å². The van der Waals surface area contributed by atoms with Crippen LogP contribution in [0.3, 0.4) is 0 Å². The lowest BCUT2D eigenvalue weighted by Gasteiger charge is -2.05. The van der Waals surface area contributed by atoms with Gasteiger partial charge in [-0.1, -0.05) is 26.0 Å². The van der Waals surface area contributed by atoms with Gasteiger partial charge in [0.1, 0.15) is 0 Å². The van der Waals surface area contributed by atoms with Crippen molar-refractivity contribution in [2.24, 2.45) is 0 Å². The van der Waals surface area contributed by atoms with Crippen molar-refractivity contribution < 1.29 is 4.74 Å². The Bertz CT molecular complexity index is 123. The van der Waals surface area contributed by atoms with E-state index in [1.54, 1.807) is 0 Å². The van der Waals surface area contributed by atoms with Crippen LogP contribution in [-0.2, 0) is 4.74 Å². The smallest absolute Gasteiger partial charge is 0.0478 e. The van der Waals surface area contributed by atoms with Gasteiger partial charge in [0.2, 0.25) is 0 Å². The molecule has 0 heterocycles. The Morgan fingerprint density at radius 3 is 2.69 bits per heavy atom. The van der Waals surface area contributed by atoms with Crippen LogP contribution in [0.5, 0.6) is 0 Å². The summed E-state index contributed by atoms with van der Waals surface area (Å²) in [5.74, 6) is 0. The molecule has 0 atom stereocenters. The number of nitrogens with one attached hydrogen (secondary N) is 1. The molecule has 2 nitrogen and oxygen atoms in total. The van der Waals surface area contributed by atoms with Crippen molar-refractivity contribution in [1.29, 1.82) is 0 Å². The molecule has 0 radical (unpaired) electrons. The van der Waals surface area contributed by atoms with Gasteiger partial charge in [0.05, 0.1) is 0 Å². The number of rotatable bonds is 9. The summed E-state index contributed by atoms with van der Waals surface area (Å²) < 4.78 is 5.35. The lowest BCUT2D eigenvalue weighted by molar-refractivity contribution is 0.132. The summed E-state index contributed by atoms with van der Waals surface area (Å²) in [6, 6.07) is 0. The van der Waals surface area contributed by atoms with Gasteiger partial charge >= 0.3 is 0 Å². The standard InChI is InChI=1S/C11H23NO/c1-4-8-13-9-6-7-12-10-11(3)5-2/h12H,3-10H2,1-2H3. The second kappa shape index (κ2) is 9.75.